The fourth-order valence-electron chi connectivity index (χ4n) is 3.07. The molecule has 1 aromatic heterocycles. The molecule has 0 radical (unpaired) electrons. The van der Waals surface area contributed by atoms with Crippen molar-refractivity contribution in [3.63, 3.8) is 0 Å². The highest BCUT2D eigenvalue weighted by atomic mass is 16.5. The number of rotatable bonds is 6. The van der Waals surface area contributed by atoms with Crippen LogP contribution in [0.15, 0.2) is 18.3 Å². The third-order valence-corrected chi connectivity index (χ3v) is 4.10. The van der Waals surface area contributed by atoms with Crippen molar-refractivity contribution in [2.45, 2.75) is 51.5 Å². The van der Waals surface area contributed by atoms with Crippen molar-refractivity contribution < 1.29 is 4.74 Å². The highest BCUT2D eigenvalue weighted by molar-refractivity contribution is 5.51. The van der Waals surface area contributed by atoms with Crippen LogP contribution in [-0.2, 0) is 0 Å². The minimum Gasteiger partial charge on any atom is -0.490 e. The van der Waals surface area contributed by atoms with E-state index in [-0.39, 0.29) is 5.54 Å². The molecule has 0 aliphatic heterocycles. The number of nitrogens with two attached hydrogens (primary N) is 1. The molecule has 4 heteroatoms. The van der Waals surface area contributed by atoms with Crippen molar-refractivity contribution in [2.24, 2.45) is 11.7 Å². The van der Waals surface area contributed by atoms with Gasteiger partial charge in [-0.3, -0.25) is 0 Å². The quantitative estimate of drug-likeness (QED) is 0.838. The summed E-state index contributed by atoms with van der Waals surface area (Å²) in [7, 11) is 0. The zero-order valence-corrected chi connectivity index (χ0v) is 12.7. The highest BCUT2D eigenvalue weighted by Gasteiger charge is 2.34. The van der Waals surface area contributed by atoms with Crippen LogP contribution in [0.5, 0.6) is 5.75 Å². The van der Waals surface area contributed by atoms with E-state index in [1.807, 2.05) is 12.1 Å². The van der Waals surface area contributed by atoms with Crippen LogP contribution >= 0.6 is 0 Å². The molecule has 2 atom stereocenters. The summed E-state index contributed by atoms with van der Waals surface area (Å²) in [6, 6.07) is 3.89. The van der Waals surface area contributed by atoms with E-state index in [0.717, 1.165) is 30.8 Å². The molecule has 1 aliphatic carbocycles. The van der Waals surface area contributed by atoms with E-state index in [2.05, 4.69) is 24.1 Å². The van der Waals surface area contributed by atoms with Gasteiger partial charge >= 0.3 is 0 Å². The molecule has 20 heavy (non-hydrogen) atoms. The van der Waals surface area contributed by atoms with Gasteiger partial charge in [0.05, 0.1) is 12.1 Å². The normalized spacial score (nSPS) is 26.2. The Morgan fingerprint density at radius 1 is 1.55 bits per heavy atom. The van der Waals surface area contributed by atoms with Crippen LogP contribution < -0.4 is 15.8 Å². The van der Waals surface area contributed by atoms with Crippen molar-refractivity contribution in [2.75, 3.05) is 18.5 Å². The molecule has 0 aromatic carbocycles. The van der Waals surface area contributed by atoms with Gasteiger partial charge in [0, 0.05) is 12.7 Å². The van der Waals surface area contributed by atoms with Gasteiger partial charge < -0.3 is 15.8 Å². The summed E-state index contributed by atoms with van der Waals surface area (Å²) in [6.45, 7) is 5.76. The maximum absolute atomic E-state index is 6.07. The second-order valence-electron chi connectivity index (χ2n) is 6.01. The predicted octanol–water partition coefficient (Wildman–Crippen LogP) is 3.19. The zero-order chi connectivity index (χ0) is 14.4. The monoisotopic (exact) mass is 277 g/mol. The Labute approximate surface area is 122 Å². The maximum Gasteiger partial charge on any atom is 0.169 e. The first kappa shape index (κ1) is 15.1. The number of ether oxygens (including phenoxy) is 1. The third-order valence-electron chi connectivity index (χ3n) is 4.10. The number of hydrogen-bond acceptors (Lipinski definition) is 4. The molecule has 1 saturated carbocycles. The standard InChI is InChI=1S/C16H27N3O/c1-3-10-20-14-7-5-9-18-15(14)19-16(12-17)8-4-6-13(2)11-16/h5,7,9,13H,3-4,6,8,10-12,17H2,1-2H3,(H,18,19). The van der Waals surface area contributed by atoms with Crippen molar-refractivity contribution in [1.82, 2.24) is 4.98 Å². The van der Waals surface area contributed by atoms with E-state index in [1.165, 1.54) is 12.8 Å². The molecule has 0 saturated heterocycles. The maximum atomic E-state index is 6.07. The molecule has 2 unspecified atom stereocenters. The van der Waals surface area contributed by atoms with E-state index in [0.29, 0.717) is 19.1 Å². The molecule has 1 aliphatic rings. The van der Waals surface area contributed by atoms with Crippen LogP contribution in [0.3, 0.4) is 0 Å². The fourth-order valence-corrected chi connectivity index (χ4v) is 3.07. The molecule has 2 rings (SSSR count). The van der Waals surface area contributed by atoms with Gasteiger partial charge in [0.25, 0.3) is 0 Å². The molecule has 0 amide bonds. The van der Waals surface area contributed by atoms with Gasteiger partial charge in [0.15, 0.2) is 11.6 Å². The average Bonchev–Trinajstić information content (AvgIpc) is 2.46. The second-order valence-corrected chi connectivity index (χ2v) is 6.01. The number of aromatic nitrogens is 1. The molecule has 1 aromatic rings. The molecule has 1 fully saturated rings. The van der Waals surface area contributed by atoms with Crippen LogP contribution in [0.1, 0.15) is 46.0 Å². The van der Waals surface area contributed by atoms with E-state index in [1.54, 1.807) is 6.20 Å². The Morgan fingerprint density at radius 3 is 3.10 bits per heavy atom. The second kappa shape index (κ2) is 6.93. The van der Waals surface area contributed by atoms with Gasteiger partial charge in [0.1, 0.15) is 0 Å². The van der Waals surface area contributed by atoms with Gasteiger partial charge in [-0.05, 0) is 37.3 Å². The largest absolute Gasteiger partial charge is 0.490 e. The number of anilines is 1. The fraction of sp³-hybridized carbons (Fsp3) is 0.688. The molecule has 0 spiro atoms. The van der Waals surface area contributed by atoms with Crippen LogP contribution in [0.4, 0.5) is 5.82 Å². The Hall–Kier alpha value is -1.29. The zero-order valence-electron chi connectivity index (χ0n) is 12.7. The van der Waals surface area contributed by atoms with Gasteiger partial charge in [0.2, 0.25) is 0 Å². The molecule has 0 bridgehead atoms. The van der Waals surface area contributed by atoms with E-state index in [9.17, 15) is 0 Å². The Balaban J connectivity index is 2.14. The summed E-state index contributed by atoms with van der Waals surface area (Å²) in [5.41, 5.74) is 6.04. The van der Waals surface area contributed by atoms with Crippen molar-refractivity contribution in [3.05, 3.63) is 18.3 Å². The Kier molecular flexibility index (Phi) is 5.24. The summed E-state index contributed by atoms with van der Waals surface area (Å²) in [6.07, 6.45) is 7.53. The SMILES string of the molecule is CCCOc1cccnc1NC1(CN)CCCC(C)C1. The topological polar surface area (TPSA) is 60.2 Å². The molecule has 4 nitrogen and oxygen atoms in total. The molecule has 1 heterocycles. The number of nitrogens with one attached hydrogen (secondary N) is 1. The third kappa shape index (κ3) is 3.63. The number of pyridine rings is 1. The lowest BCUT2D eigenvalue weighted by atomic mass is 9.76. The summed E-state index contributed by atoms with van der Waals surface area (Å²) < 4.78 is 5.78. The summed E-state index contributed by atoms with van der Waals surface area (Å²) >= 11 is 0. The van der Waals surface area contributed by atoms with Crippen molar-refractivity contribution in [1.29, 1.82) is 0 Å². The van der Waals surface area contributed by atoms with Crippen LogP contribution in [0.2, 0.25) is 0 Å². The minimum absolute atomic E-state index is 0.0314. The lowest BCUT2D eigenvalue weighted by Crippen LogP contribution is -2.49. The molecule has 112 valence electrons. The number of nitrogens with zero attached hydrogens (tertiary/aromatic N) is 1. The van der Waals surface area contributed by atoms with Crippen molar-refractivity contribution in [3.8, 4) is 5.75 Å². The van der Waals surface area contributed by atoms with Gasteiger partial charge in [-0.25, -0.2) is 4.98 Å². The van der Waals surface area contributed by atoms with Crippen LogP contribution in [0.25, 0.3) is 0 Å². The lowest BCUT2D eigenvalue weighted by Gasteiger charge is -2.40. The molecule has 3 N–H and O–H groups in total. The Bertz CT molecular complexity index is 424. The van der Waals surface area contributed by atoms with Gasteiger partial charge in [-0.2, -0.15) is 0 Å². The predicted molar refractivity (Wildman–Crippen MR) is 83.1 cm³/mol. The number of hydrogen-bond donors (Lipinski definition) is 2. The summed E-state index contributed by atoms with van der Waals surface area (Å²) in [5.74, 6) is 2.38. The molecular weight excluding hydrogens is 250 g/mol. The first-order valence-corrected chi connectivity index (χ1v) is 7.75. The minimum atomic E-state index is -0.0314. The van der Waals surface area contributed by atoms with Gasteiger partial charge in [-0.1, -0.05) is 26.7 Å². The molecular formula is C16H27N3O. The average molecular weight is 277 g/mol. The summed E-state index contributed by atoms with van der Waals surface area (Å²) in [5, 5.41) is 3.59. The highest BCUT2D eigenvalue weighted by Crippen LogP contribution is 2.36. The lowest BCUT2D eigenvalue weighted by molar-refractivity contribution is 0.261. The van der Waals surface area contributed by atoms with E-state index < -0.39 is 0 Å². The Morgan fingerprint density at radius 2 is 2.40 bits per heavy atom. The first-order valence-electron chi connectivity index (χ1n) is 7.75. The van der Waals surface area contributed by atoms with Crippen LogP contribution in [-0.4, -0.2) is 23.7 Å². The van der Waals surface area contributed by atoms with E-state index in [4.69, 9.17) is 10.5 Å². The van der Waals surface area contributed by atoms with E-state index >= 15 is 0 Å². The summed E-state index contributed by atoms with van der Waals surface area (Å²) in [4.78, 5) is 4.45. The van der Waals surface area contributed by atoms with Crippen molar-refractivity contribution >= 4 is 5.82 Å². The van der Waals surface area contributed by atoms with Gasteiger partial charge in [-0.15, -0.1) is 0 Å². The smallest absolute Gasteiger partial charge is 0.169 e. The van der Waals surface area contributed by atoms with Crippen LogP contribution in [0, 0.1) is 5.92 Å². The first-order chi connectivity index (χ1) is 9.69.